The first-order valence-electron chi connectivity index (χ1n) is 8.16. The van der Waals surface area contributed by atoms with Gasteiger partial charge in [0.25, 0.3) is 0 Å². The van der Waals surface area contributed by atoms with Crippen LogP contribution in [-0.2, 0) is 12.8 Å². The van der Waals surface area contributed by atoms with Gasteiger partial charge in [0, 0.05) is 17.3 Å². The van der Waals surface area contributed by atoms with Gasteiger partial charge in [-0.15, -0.1) is 0 Å². The third-order valence-electron chi connectivity index (χ3n) is 5.19. The molecule has 3 heteroatoms. The molecule has 2 nitrogen and oxygen atoms in total. The Morgan fingerprint density at radius 3 is 2.95 bits per heavy atom. The second kappa shape index (κ2) is 5.92. The average Bonchev–Trinajstić information content (AvgIpc) is 2.86. The van der Waals surface area contributed by atoms with Crippen molar-refractivity contribution in [3.63, 3.8) is 0 Å². The van der Waals surface area contributed by atoms with Crippen molar-refractivity contribution in [1.82, 2.24) is 0 Å². The lowest BCUT2D eigenvalue weighted by atomic mass is 9.67. The van der Waals surface area contributed by atoms with Crippen LogP contribution < -0.4 is 4.74 Å². The lowest BCUT2D eigenvalue weighted by Crippen LogP contribution is -2.45. The summed E-state index contributed by atoms with van der Waals surface area (Å²) in [5.41, 5.74) is 1.87. The molecule has 2 atom stereocenters. The molecule has 0 saturated heterocycles. The molecule has 1 aromatic rings. The standard InChI is InChI=1S/C18H25BrO2/c1-12(2)16-5-3-4-7-18(16,20)11-14-10-15(19)9-13-6-8-21-17(13)14/h9-10,12,16,20H,3-8,11H2,1-2H3. The zero-order valence-electron chi connectivity index (χ0n) is 13.0. The van der Waals surface area contributed by atoms with E-state index < -0.39 is 5.60 Å². The lowest BCUT2D eigenvalue weighted by molar-refractivity contribution is -0.0655. The van der Waals surface area contributed by atoms with Crippen LogP contribution in [-0.4, -0.2) is 17.3 Å². The highest BCUT2D eigenvalue weighted by Crippen LogP contribution is 2.43. The van der Waals surface area contributed by atoms with E-state index in [4.69, 9.17) is 4.74 Å². The van der Waals surface area contributed by atoms with Gasteiger partial charge in [-0.25, -0.2) is 0 Å². The summed E-state index contributed by atoms with van der Waals surface area (Å²) in [5, 5.41) is 11.3. The van der Waals surface area contributed by atoms with Gasteiger partial charge in [0.05, 0.1) is 12.2 Å². The quantitative estimate of drug-likeness (QED) is 0.867. The van der Waals surface area contributed by atoms with E-state index in [9.17, 15) is 5.11 Å². The van der Waals surface area contributed by atoms with Gasteiger partial charge < -0.3 is 9.84 Å². The van der Waals surface area contributed by atoms with Crippen LogP contribution in [0.3, 0.4) is 0 Å². The number of benzene rings is 1. The van der Waals surface area contributed by atoms with Gasteiger partial charge in [-0.2, -0.15) is 0 Å². The topological polar surface area (TPSA) is 29.5 Å². The highest BCUT2D eigenvalue weighted by atomic mass is 79.9. The van der Waals surface area contributed by atoms with Crippen molar-refractivity contribution in [2.24, 2.45) is 11.8 Å². The van der Waals surface area contributed by atoms with Crippen LogP contribution in [0.2, 0.25) is 0 Å². The summed E-state index contributed by atoms with van der Waals surface area (Å²) < 4.78 is 6.93. The number of hydrogen-bond acceptors (Lipinski definition) is 2. The van der Waals surface area contributed by atoms with E-state index in [-0.39, 0.29) is 0 Å². The van der Waals surface area contributed by atoms with Crippen LogP contribution in [0.4, 0.5) is 0 Å². The molecule has 1 aliphatic carbocycles. The van der Waals surface area contributed by atoms with Crippen molar-refractivity contribution in [3.05, 3.63) is 27.7 Å². The summed E-state index contributed by atoms with van der Waals surface area (Å²) in [4.78, 5) is 0. The summed E-state index contributed by atoms with van der Waals surface area (Å²) in [6, 6.07) is 4.28. The molecule has 2 aliphatic rings. The van der Waals surface area contributed by atoms with Crippen molar-refractivity contribution < 1.29 is 9.84 Å². The van der Waals surface area contributed by atoms with Crippen molar-refractivity contribution in [2.75, 3.05) is 6.61 Å². The monoisotopic (exact) mass is 352 g/mol. The molecule has 1 aliphatic heterocycles. The van der Waals surface area contributed by atoms with Crippen LogP contribution in [0.25, 0.3) is 0 Å². The predicted molar refractivity (Wildman–Crippen MR) is 88.8 cm³/mol. The molecule has 21 heavy (non-hydrogen) atoms. The van der Waals surface area contributed by atoms with Gasteiger partial charge in [0.2, 0.25) is 0 Å². The van der Waals surface area contributed by atoms with Crippen molar-refractivity contribution in [2.45, 2.75) is 58.0 Å². The Morgan fingerprint density at radius 2 is 2.19 bits per heavy atom. The highest BCUT2D eigenvalue weighted by molar-refractivity contribution is 9.10. The van der Waals surface area contributed by atoms with Crippen molar-refractivity contribution in [3.8, 4) is 5.75 Å². The molecule has 1 fully saturated rings. The second-order valence-electron chi connectivity index (χ2n) is 7.03. The first kappa shape index (κ1) is 15.4. The van der Waals surface area contributed by atoms with E-state index in [1.807, 2.05) is 0 Å². The average molecular weight is 353 g/mol. The van der Waals surface area contributed by atoms with Crippen LogP contribution in [0, 0.1) is 11.8 Å². The Bertz CT molecular complexity index is 526. The molecule has 1 aromatic carbocycles. The number of ether oxygens (including phenoxy) is 1. The zero-order chi connectivity index (χ0) is 15.0. The molecule has 0 amide bonds. The normalized spacial score (nSPS) is 28.5. The summed E-state index contributed by atoms with van der Waals surface area (Å²) in [7, 11) is 0. The van der Waals surface area contributed by atoms with Gasteiger partial charge in [-0.3, -0.25) is 0 Å². The van der Waals surface area contributed by atoms with E-state index in [1.165, 1.54) is 17.5 Å². The second-order valence-corrected chi connectivity index (χ2v) is 7.94. The molecule has 0 radical (unpaired) electrons. The fourth-order valence-corrected chi connectivity index (χ4v) is 4.78. The molecule has 1 saturated carbocycles. The van der Waals surface area contributed by atoms with E-state index in [1.54, 1.807) is 0 Å². The highest BCUT2D eigenvalue weighted by Gasteiger charge is 2.41. The van der Waals surface area contributed by atoms with Gasteiger partial charge >= 0.3 is 0 Å². The third-order valence-corrected chi connectivity index (χ3v) is 5.65. The maximum absolute atomic E-state index is 11.3. The number of hydrogen-bond donors (Lipinski definition) is 1. The molecule has 3 rings (SSSR count). The molecule has 2 unspecified atom stereocenters. The molecule has 1 heterocycles. The fraction of sp³-hybridized carbons (Fsp3) is 0.667. The van der Waals surface area contributed by atoms with Gasteiger partial charge in [-0.1, -0.05) is 42.6 Å². The Morgan fingerprint density at radius 1 is 1.38 bits per heavy atom. The van der Waals surface area contributed by atoms with Crippen molar-refractivity contribution in [1.29, 1.82) is 0 Å². The minimum absolute atomic E-state index is 0.391. The van der Waals surface area contributed by atoms with Gasteiger partial charge in [0.15, 0.2) is 0 Å². The van der Waals surface area contributed by atoms with E-state index in [2.05, 4.69) is 41.9 Å². The smallest absolute Gasteiger partial charge is 0.125 e. The summed E-state index contributed by atoms with van der Waals surface area (Å²) in [5.74, 6) is 1.94. The minimum atomic E-state index is -0.576. The maximum Gasteiger partial charge on any atom is 0.125 e. The maximum atomic E-state index is 11.3. The van der Waals surface area contributed by atoms with E-state index >= 15 is 0 Å². The van der Waals surface area contributed by atoms with Gasteiger partial charge in [0.1, 0.15) is 5.75 Å². The number of aliphatic hydroxyl groups is 1. The molecule has 0 aromatic heterocycles. The molecule has 116 valence electrons. The predicted octanol–water partition coefficient (Wildman–Crippen LogP) is 4.50. The van der Waals surface area contributed by atoms with Crippen LogP contribution in [0.5, 0.6) is 5.75 Å². The molecule has 0 bridgehead atoms. The SMILES string of the molecule is CC(C)C1CCCCC1(O)Cc1cc(Br)cc2c1OCC2. The van der Waals surface area contributed by atoms with Crippen molar-refractivity contribution >= 4 is 15.9 Å². The van der Waals surface area contributed by atoms with Crippen LogP contribution >= 0.6 is 15.9 Å². The number of halogens is 1. The zero-order valence-corrected chi connectivity index (χ0v) is 14.6. The summed E-state index contributed by atoms with van der Waals surface area (Å²) >= 11 is 3.61. The van der Waals surface area contributed by atoms with E-state index in [0.29, 0.717) is 11.8 Å². The number of fused-ring (bicyclic) bond motifs is 1. The van der Waals surface area contributed by atoms with Crippen LogP contribution in [0.15, 0.2) is 16.6 Å². The Kier molecular flexibility index (Phi) is 4.33. The number of rotatable bonds is 3. The first-order valence-corrected chi connectivity index (χ1v) is 8.95. The largest absolute Gasteiger partial charge is 0.493 e. The Labute approximate surface area is 136 Å². The Hall–Kier alpha value is -0.540. The minimum Gasteiger partial charge on any atom is -0.493 e. The van der Waals surface area contributed by atoms with Crippen LogP contribution in [0.1, 0.15) is 50.7 Å². The summed E-state index contributed by atoms with van der Waals surface area (Å²) in [6.45, 7) is 5.25. The molecule has 0 spiro atoms. The fourth-order valence-electron chi connectivity index (χ4n) is 4.23. The summed E-state index contributed by atoms with van der Waals surface area (Å²) in [6.07, 6.45) is 6.14. The van der Waals surface area contributed by atoms with E-state index in [0.717, 1.165) is 48.9 Å². The first-order chi connectivity index (χ1) is 9.99. The molecular formula is C18H25BrO2. The van der Waals surface area contributed by atoms with Gasteiger partial charge in [-0.05, 0) is 47.9 Å². The lowest BCUT2D eigenvalue weighted by Gasteiger charge is -2.42. The third kappa shape index (κ3) is 3.00. The molecular weight excluding hydrogens is 328 g/mol. The Balaban J connectivity index is 1.91. The molecule has 1 N–H and O–H groups in total.